The van der Waals surface area contributed by atoms with Gasteiger partial charge in [0.25, 0.3) is 11.8 Å². The van der Waals surface area contributed by atoms with Crippen molar-refractivity contribution in [3.05, 3.63) is 65.2 Å². The van der Waals surface area contributed by atoms with Gasteiger partial charge in [-0.1, -0.05) is 54.1 Å². The summed E-state index contributed by atoms with van der Waals surface area (Å²) < 4.78 is 5.51. The Kier molecular flexibility index (Phi) is 4.17. The van der Waals surface area contributed by atoms with E-state index in [-0.39, 0.29) is 10.6 Å². The molecule has 0 spiro atoms. The first-order valence-electron chi connectivity index (χ1n) is 7.21. The van der Waals surface area contributed by atoms with E-state index >= 15 is 0 Å². The number of rotatable bonds is 4. The smallest absolute Gasteiger partial charge is 0.277 e. The third-order valence-electron chi connectivity index (χ3n) is 3.50. The highest BCUT2D eigenvalue weighted by Gasteiger charge is 2.40. The number of hydrogen-bond donors (Lipinski definition) is 0. The number of imide groups is 1. The van der Waals surface area contributed by atoms with Crippen molar-refractivity contribution in [1.82, 2.24) is 0 Å². The number of ether oxygens (including phenoxy) is 1. The van der Waals surface area contributed by atoms with Crippen molar-refractivity contribution in [2.24, 2.45) is 0 Å². The van der Waals surface area contributed by atoms with Crippen LogP contribution in [0.4, 0.5) is 5.69 Å². The Balaban J connectivity index is 2.06. The predicted octanol–water partition coefficient (Wildman–Crippen LogP) is 3.61. The summed E-state index contributed by atoms with van der Waals surface area (Å²) in [5.74, 6) is -0.517. The maximum atomic E-state index is 12.8. The minimum absolute atomic E-state index is 0.0764. The van der Waals surface area contributed by atoms with Gasteiger partial charge in [0.15, 0.2) is 0 Å². The van der Waals surface area contributed by atoms with E-state index in [1.807, 2.05) is 13.0 Å². The number of para-hydroxylation sites is 2. The van der Waals surface area contributed by atoms with Gasteiger partial charge in [-0.3, -0.25) is 9.59 Å². The third-order valence-corrected chi connectivity index (χ3v) is 3.85. The van der Waals surface area contributed by atoms with E-state index < -0.39 is 11.8 Å². The molecule has 0 aliphatic carbocycles. The molecule has 4 nitrogen and oxygen atoms in total. The van der Waals surface area contributed by atoms with Gasteiger partial charge in [0.2, 0.25) is 0 Å². The Bertz CT molecular complexity index is 799. The number of hydrogen-bond acceptors (Lipinski definition) is 3. The molecule has 0 saturated heterocycles. The molecule has 1 aliphatic heterocycles. The van der Waals surface area contributed by atoms with Crippen LogP contribution in [0.1, 0.15) is 12.5 Å². The summed E-state index contributed by atoms with van der Waals surface area (Å²) in [6.45, 7) is 2.27. The SMILES string of the molecule is CCOc1ccccc1N1C(=O)C(Cl)=C(c2ccccc2)C1=O. The van der Waals surface area contributed by atoms with Gasteiger partial charge < -0.3 is 4.74 Å². The number of benzene rings is 2. The molecule has 0 bridgehead atoms. The Morgan fingerprint density at radius 1 is 0.957 bits per heavy atom. The van der Waals surface area contributed by atoms with Crippen LogP contribution in [0.25, 0.3) is 5.57 Å². The lowest BCUT2D eigenvalue weighted by Crippen LogP contribution is -2.31. The number of amides is 2. The fraction of sp³-hybridized carbons (Fsp3) is 0.111. The van der Waals surface area contributed by atoms with Crippen LogP contribution in [0.2, 0.25) is 0 Å². The Labute approximate surface area is 138 Å². The van der Waals surface area contributed by atoms with Gasteiger partial charge in [-0.2, -0.15) is 0 Å². The van der Waals surface area contributed by atoms with Gasteiger partial charge in [-0.15, -0.1) is 0 Å². The highest BCUT2D eigenvalue weighted by atomic mass is 35.5. The molecule has 0 aromatic heterocycles. The lowest BCUT2D eigenvalue weighted by Gasteiger charge is -2.18. The van der Waals surface area contributed by atoms with Crippen molar-refractivity contribution in [2.75, 3.05) is 11.5 Å². The summed E-state index contributed by atoms with van der Waals surface area (Å²) in [6, 6.07) is 15.8. The summed E-state index contributed by atoms with van der Waals surface area (Å²) in [6.07, 6.45) is 0. The van der Waals surface area contributed by atoms with Gasteiger partial charge in [-0.25, -0.2) is 4.90 Å². The zero-order valence-electron chi connectivity index (χ0n) is 12.5. The second-order valence-corrected chi connectivity index (χ2v) is 5.28. The minimum Gasteiger partial charge on any atom is -0.492 e. The maximum absolute atomic E-state index is 12.8. The number of carbonyl (C=O) groups excluding carboxylic acids is 2. The topological polar surface area (TPSA) is 46.6 Å². The van der Waals surface area contributed by atoms with Crippen molar-refractivity contribution in [2.45, 2.75) is 6.92 Å². The Morgan fingerprint density at radius 2 is 1.61 bits per heavy atom. The highest BCUT2D eigenvalue weighted by Crippen LogP contribution is 2.38. The summed E-state index contributed by atoms with van der Waals surface area (Å²) >= 11 is 6.16. The average Bonchev–Trinajstić information content (AvgIpc) is 2.79. The molecular formula is C18H14ClNO3. The quantitative estimate of drug-likeness (QED) is 0.806. The molecule has 23 heavy (non-hydrogen) atoms. The zero-order valence-corrected chi connectivity index (χ0v) is 13.2. The number of anilines is 1. The largest absolute Gasteiger partial charge is 0.492 e. The molecule has 5 heteroatoms. The van der Waals surface area contributed by atoms with Gasteiger partial charge in [-0.05, 0) is 24.6 Å². The van der Waals surface area contributed by atoms with Crippen LogP contribution in [-0.4, -0.2) is 18.4 Å². The fourth-order valence-corrected chi connectivity index (χ4v) is 2.77. The van der Waals surface area contributed by atoms with Crippen LogP contribution in [-0.2, 0) is 9.59 Å². The third kappa shape index (κ3) is 2.62. The van der Waals surface area contributed by atoms with E-state index in [0.717, 1.165) is 4.90 Å². The van der Waals surface area contributed by atoms with E-state index in [9.17, 15) is 9.59 Å². The van der Waals surface area contributed by atoms with Crippen LogP contribution in [0.3, 0.4) is 0 Å². The normalized spacial score (nSPS) is 14.6. The van der Waals surface area contributed by atoms with Gasteiger partial charge in [0, 0.05) is 0 Å². The first-order valence-corrected chi connectivity index (χ1v) is 7.58. The first kappa shape index (κ1) is 15.3. The number of halogens is 1. The standard InChI is InChI=1S/C18H14ClNO3/c1-2-23-14-11-7-6-10-13(14)20-17(21)15(16(19)18(20)22)12-8-4-3-5-9-12/h3-11H,2H2,1H3. The molecule has 1 aliphatic rings. The monoisotopic (exact) mass is 327 g/mol. The minimum atomic E-state index is -0.539. The fourth-order valence-electron chi connectivity index (χ4n) is 2.50. The molecule has 1 heterocycles. The molecule has 0 fully saturated rings. The van der Waals surface area contributed by atoms with E-state index in [2.05, 4.69) is 0 Å². The molecule has 2 aromatic rings. The van der Waals surface area contributed by atoms with Crippen molar-refractivity contribution in [1.29, 1.82) is 0 Å². The number of nitrogens with zero attached hydrogens (tertiary/aromatic N) is 1. The summed E-state index contributed by atoms with van der Waals surface area (Å²) in [5, 5.41) is -0.0764. The predicted molar refractivity (Wildman–Crippen MR) is 89.3 cm³/mol. The van der Waals surface area contributed by atoms with Gasteiger partial charge >= 0.3 is 0 Å². The van der Waals surface area contributed by atoms with Crippen LogP contribution in [0.15, 0.2) is 59.6 Å². The van der Waals surface area contributed by atoms with Crippen molar-refractivity contribution in [3.63, 3.8) is 0 Å². The van der Waals surface area contributed by atoms with Crippen LogP contribution < -0.4 is 9.64 Å². The second-order valence-electron chi connectivity index (χ2n) is 4.90. The molecular weight excluding hydrogens is 314 g/mol. The Hall–Kier alpha value is -2.59. The molecule has 2 amide bonds. The number of carbonyl (C=O) groups is 2. The van der Waals surface area contributed by atoms with Crippen molar-refractivity contribution < 1.29 is 14.3 Å². The molecule has 0 unspecified atom stereocenters. The van der Waals surface area contributed by atoms with E-state index in [0.29, 0.717) is 23.6 Å². The highest BCUT2D eigenvalue weighted by molar-refractivity contribution is 6.60. The zero-order chi connectivity index (χ0) is 16.4. The molecule has 3 rings (SSSR count). The van der Waals surface area contributed by atoms with Crippen LogP contribution in [0, 0.1) is 0 Å². The molecule has 2 aromatic carbocycles. The van der Waals surface area contributed by atoms with Crippen molar-refractivity contribution >= 4 is 34.7 Å². The molecule has 116 valence electrons. The van der Waals surface area contributed by atoms with Gasteiger partial charge in [0.1, 0.15) is 10.8 Å². The van der Waals surface area contributed by atoms with Crippen molar-refractivity contribution in [3.8, 4) is 5.75 Å². The van der Waals surface area contributed by atoms with E-state index in [1.54, 1.807) is 48.5 Å². The van der Waals surface area contributed by atoms with Crippen LogP contribution in [0.5, 0.6) is 5.75 Å². The summed E-state index contributed by atoms with van der Waals surface area (Å²) in [5.41, 5.74) is 1.23. The lowest BCUT2D eigenvalue weighted by molar-refractivity contribution is -0.119. The summed E-state index contributed by atoms with van der Waals surface area (Å²) in [7, 11) is 0. The van der Waals surface area contributed by atoms with Gasteiger partial charge in [0.05, 0.1) is 17.9 Å². The van der Waals surface area contributed by atoms with E-state index in [4.69, 9.17) is 16.3 Å². The van der Waals surface area contributed by atoms with E-state index in [1.165, 1.54) is 0 Å². The molecule has 0 N–H and O–H groups in total. The average molecular weight is 328 g/mol. The Morgan fingerprint density at radius 3 is 2.30 bits per heavy atom. The molecule has 0 atom stereocenters. The molecule has 0 radical (unpaired) electrons. The lowest BCUT2D eigenvalue weighted by atomic mass is 10.1. The summed E-state index contributed by atoms with van der Waals surface area (Å²) in [4.78, 5) is 26.4. The maximum Gasteiger partial charge on any atom is 0.277 e. The molecule has 0 saturated carbocycles. The second kappa shape index (κ2) is 6.26. The van der Waals surface area contributed by atoms with Crippen LogP contribution >= 0.6 is 11.6 Å². The first-order chi connectivity index (χ1) is 11.1.